The van der Waals surface area contributed by atoms with Gasteiger partial charge in [0.25, 0.3) is 15.9 Å². The Morgan fingerprint density at radius 3 is 2.71 bits per heavy atom. The summed E-state index contributed by atoms with van der Waals surface area (Å²) in [6.07, 6.45) is 2.34. The summed E-state index contributed by atoms with van der Waals surface area (Å²) < 4.78 is 27.7. The zero-order valence-electron chi connectivity index (χ0n) is 16.8. The van der Waals surface area contributed by atoms with Crippen LogP contribution < -0.4 is 4.72 Å². The van der Waals surface area contributed by atoms with Gasteiger partial charge in [0.15, 0.2) is 0 Å². The number of fused-ring (bicyclic) bond motifs is 1. The van der Waals surface area contributed by atoms with Gasteiger partial charge in [0.1, 0.15) is 0 Å². The summed E-state index contributed by atoms with van der Waals surface area (Å²) in [5.41, 5.74) is 3.40. The molecule has 4 rings (SSSR count). The highest BCUT2D eigenvalue weighted by Crippen LogP contribution is 2.27. The lowest BCUT2D eigenvalue weighted by Gasteiger charge is -2.28. The van der Waals surface area contributed by atoms with Crippen LogP contribution in [0.2, 0.25) is 5.02 Å². The third-order valence-electron chi connectivity index (χ3n) is 5.22. The molecule has 0 bridgehead atoms. The van der Waals surface area contributed by atoms with Crippen molar-refractivity contribution in [3.63, 3.8) is 0 Å². The van der Waals surface area contributed by atoms with Crippen LogP contribution in [0.4, 0.5) is 5.69 Å². The van der Waals surface area contributed by atoms with Gasteiger partial charge in [0.05, 0.1) is 11.1 Å². The minimum atomic E-state index is -3.75. The monoisotopic (exact) mass is 472 g/mol. The molecule has 0 atom stereocenters. The zero-order valence-corrected chi connectivity index (χ0v) is 19.2. The summed E-state index contributed by atoms with van der Waals surface area (Å²) in [5.74, 6) is -0.0906. The number of halogens is 1. The van der Waals surface area contributed by atoms with E-state index in [1.807, 2.05) is 4.90 Å². The molecule has 1 N–H and O–H groups in total. The summed E-state index contributed by atoms with van der Waals surface area (Å²) >= 11 is 7.58. The predicted octanol–water partition coefficient (Wildman–Crippen LogP) is 5.32. The van der Waals surface area contributed by atoms with E-state index < -0.39 is 10.0 Å². The minimum Gasteiger partial charge on any atom is -0.334 e. The molecule has 8 heteroatoms. The highest BCUT2D eigenvalue weighted by atomic mass is 35.5. The van der Waals surface area contributed by atoms with Crippen molar-refractivity contribution in [3.05, 3.63) is 91.5 Å². The van der Waals surface area contributed by atoms with Gasteiger partial charge in [-0.15, -0.1) is 11.3 Å². The number of hydrogen-bond acceptors (Lipinski definition) is 4. The van der Waals surface area contributed by atoms with Crippen LogP contribution in [0.25, 0.3) is 6.08 Å². The summed E-state index contributed by atoms with van der Waals surface area (Å²) in [4.78, 5) is 16.3. The number of thiophene rings is 1. The van der Waals surface area contributed by atoms with Gasteiger partial charge in [0, 0.05) is 28.6 Å². The van der Waals surface area contributed by atoms with Crippen molar-refractivity contribution in [1.29, 1.82) is 0 Å². The Morgan fingerprint density at radius 1 is 1.16 bits per heavy atom. The first-order chi connectivity index (χ1) is 14.8. The first-order valence-electron chi connectivity index (χ1n) is 9.73. The van der Waals surface area contributed by atoms with Crippen molar-refractivity contribution < 1.29 is 13.2 Å². The topological polar surface area (TPSA) is 66.5 Å². The number of anilines is 1. The van der Waals surface area contributed by atoms with Crippen LogP contribution in [-0.4, -0.2) is 25.8 Å². The Labute approximate surface area is 191 Å². The molecular weight excluding hydrogens is 452 g/mol. The van der Waals surface area contributed by atoms with E-state index in [2.05, 4.69) is 16.2 Å². The lowest BCUT2D eigenvalue weighted by molar-refractivity contribution is 0.0735. The zero-order chi connectivity index (χ0) is 22.0. The molecular formula is C23H21ClN2O3S2. The van der Waals surface area contributed by atoms with Gasteiger partial charge in [-0.3, -0.25) is 9.52 Å². The number of hydrogen-bond donors (Lipinski definition) is 1. The Kier molecular flexibility index (Phi) is 6.18. The second-order valence-electron chi connectivity index (χ2n) is 7.33. The van der Waals surface area contributed by atoms with E-state index in [9.17, 15) is 13.2 Å². The van der Waals surface area contributed by atoms with Gasteiger partial charge in [-0.25, -0.2) is 8.42 Å². The third-order valence-corrected chi connectivity index (χ3v) is 7.49. The van der Waals surface area contributed by atoms with E-state index in [0.717, 1.165) is 11.8 Å². The maximum atomic E-state index is 13.1. The number of nitrogens with zero attached hydrogens (tertiary/aromatic N) is 1. The van der Waals surface area contributed by atoms with E-state index in [1.165, 1.54) is 16.5 Å². The molecule has 2 heterocycles. The summed E-state index contributed by atoms with van der Waals surface area (Å²) in [5, 5.41) is 3.74. The molecule has 0 saturated heterocycles. The fourth-order valence-corrected chi connectivity index (χ4v) is 5.45. The average molecular weight is 473 g/mol. The fraction of sp³-hybridized carbons (Fsp3) is 0.174. The molecule has 3 aromatic rings. The van der Waals surface area contributed by atoms with Crippen molar-refractivity contribution >= 4 is 50.6 Å². The molecule has 0 unspecified atom stereocenters. The second-order valence-corrected chi connectivity index (χ2v) is 10.3. The van der Waals surface area contributed by atoms with Crippen LogP contribution in [0.3, 0.4) is 0 Å². The molecule has 1 aromatic heterocycles. The van der Waals surface area contributed by atoms with Crippen molar-refractivity contribution in [1.82, 2.24) is 4.90 Å². The van der Waals surface area contributed by atoms with Crippen LogP contribution in [0.1, 0.15) is 31.9 Å². The van der Waals surface area contributed by atoms with Crippen LogP contribution in [-0.2, 0) is 23.0 Å². The summed E-state index contributed by atoms with van der Waals surface area (Å²) in [7, 11) is -3.75. The Bertz CT molecular complexity index is 1250. The highest BCUT2D eigenvalue weighted by molar-refractivity contribution is 7.95. The maximum Gasteiger partial charge on any atom is 0.255 e. The number of sulfonamides is 1. The first kappa shape index (κ1) is 21.6. The molecule has 160 valence electrons. The molecule has 0 aliphatic carbocycles. The molecule has 0 saturated carbocycles. The second kappa shape index (κ2) is 8.86. The molecule has 1 aliphatic heterocycles. The fourth-order valence-electron chi connectivity index (χ4n) is 3.50. The normalized spacial score (nSPS) is 13.9. The van der Waals surface area contributed by atoms with Crippen molar-refractivity contribution in [3.8, 4) is 0 Å². The number of carbonyl (C=O) groups is 1. The third kappa shape index (κ3) is 5.01. The first-order valence-corrected chi connectivity index (χ1v) is 12.5. The van der Waals surface area contributed by atoms with E-state index in [0.29, 0.717) is 40.5 Å². The quantitative estimate of drug-likeness (QED) is 0.546. The van der Waals surface area contributed by atoms with Crippen LogP contribution >= 0.6 is 22.9 Å². The van der Waals surface area contributed by atoms with Gasteiger partial charge < -0.3 is 4.90 Å². The van der Waals surface area contributed by atoms with E-state index in [-0.39, 0.29) is 5.91 Å². The molecule has 31 heavy (non-hydrogen) atoms. The predicted molar refractivity (Wildman–Crippen MR) is 127 cm³/mol. The minimum absolute atomic E-state index is 0.0906. The van der Waals surface area contributed by atoms with Gasteiger partial charge in [-0.1, -0.05) is 29.8 Å². The van der Waals surface area contributed by atoms with Crippen LogP contribution in [0, 0.1) is 6.92 Å². The molecule has 0 radical (unpaired) electrons. The van der Waals surface area contributed by atoms with Crippen molar-refractivity contribution in [2.24, 2.45) is 0 Å². The SMILES string of the molecule is Cc1c(NS(=O)(=O)/C=C/c2ccc(Cl)cc2)cccc1C(=O)N1CCc2sccc2C1. The molecule has 1 amide bonds. The van der Waals surface area contributed by atoms with Gasteiger partial charge >= 0.3 is 0 Å². The molecule has 0 fully saturated rings. The van der Waals surface area contributed by atoms with Crippen molar-refractivity contribution in [2.75, 3.05) is 11.3 Å². The lowest BCUT2D eigenvalue weighted by Crippen LogP contribution is -2.35. The maximum absolute atomic E-state index is 13.1. The van der Waals surface area contributed by atoms with E-state index in [1.54, 1.807) is 60.7 Å². The number of benzene rings is 2. The molecule has 0 spiro atoms. The Hall–Kier alpha value is -2.61. The number of nitrogens with one attached hydrogen (secondary N) is 1. The average Bonchev–Trinajstić information content (AvgIpc) is 3.22. The number of carbonyl (C=O) groups excluding carboxylic acids is 1. The summed E-state index contributed by atoms with van der Waals surface area (Å²) in [6, 6.07) is 14.0. The summed E-state index contributed by atoms with van der Waals surface area (Å²) in [6.45, 7) is 3.00. The molecule has 1 aliphatic rings. The molecule has 2 aromatic carbocycles. The lowest BCUT2D eigenvalue weighted by atomic mass is 10.0. The largest absolute Gasteiger partial charge is 0.334 e. The standard InChI is InChI=1S/C23H21ClN2O3S2/c1-16-20(23(27)26-12-9-22-18(15-26)10-13-30-22)3-2-4-21(16)25-31(28,29)14-11-17-5-7-19(24)8-6-17/h2-8,10-11,13-14,25H,9,12,15H2,1H3/b14-11+. The van der Waals surface area contributed by atoms with Gasteiger partial charge in [-0.05, 0) is 71.8 Å². The van der Waals surface area contributed by atoms with Crippen LogP contribution in [0.5, 0.6) is 0 Å². The van der Waals surface area contributed by atoms with E-state index >= 15 is 0 Å². The number of amides is 1. The number of rotatable bonds is 5. The van der Waals surface area contributed by atoms with E-state index in [4.69, 9.17) is 11.6 Å². The van der Waals surface area contributed by atoms with Crippen molar-refractivity contribution in [2.45, 2.75) is 19.9 Å². The van der Waals surface area contributed by atoms with Crippen LogP contribution in [0.15, 0.2) is 59.3 Å². The smallest absolute Gasteiger partial charge is 0.255 e. The Balaban J connectivity index is 1.52. The van der Waals surface area contributed by atoms with Gasteiger partial charge in [0.2, 0.25) is 0 Å². The van der Waals surface area contributed by atoms with Gasteiger partial charge in [-0.2, -0.15) is 0 Å². The molecule has 5 nitrogen and oxygen atoms in total. The Morgan fingerprint density at radius 2 is 1.94 bits per heavy atom. The highest BCUT2D eigenvalue weighted by Gasteiger charge is 2.24.